The van der Waals surface area contributed by atoms with Crippen LogP contribution in [-0.2, 0) is 0 Å². The van der Waals surface area contributed by atoms with Crippen LogP contribution in [0.4, 0.5) is 0 Å². The van der Waals surface area contributed by atoms with E-state index in [1.165, 1.54) is 0 Å². The molecular formula is C16H30O2S. The minimum absolute atomic E-state index is 0.194. The fraction of sp³-hybridized carbons (Fsp3) is 1.00. The van der Waals surface area contributed by atoms with Gasteiger partial charge < -0.3 is 10.2 Å². The minimum Gasteiger partial charge on any atom is -0.392 e. The molecule has 2 saturated carbocycles. The first kappa shape index (κ1) is 15.7. The molecule has 0 amide bonds. The Morgan fingerprint density at radius 2 is 1.05 bits per heavy atom. The highest BCUT2D eigenvalue weighted by molar-refractivity contribution is 8.00. The third-order valence-corrected chi connectivity index (χ3v) is 6.74. The van der Waals surface area contributed by atoms with E-state index in [0.717, 1.165) is 25.7 Å². The summed E-state index contributed by atoms with van der Waals surface area (Å²) in [6.07, 6.45) is 4.09. The molecule has 8 unspecified atom stereocenters. The highest BCUT2D eigenvalue weighted by Crippen LogP contribution is 2.43. The molecule has 0 aromatic heterocycles. The molecule has 0 spiro atoms. The molecule has 0 bridgehead atoms. The van der Waals surface area contributed by atoms with Crippen molar-refractivity contribution in [1.82, 2.24) is 0 Å². The maximum Gasteiger partial charge on any atom is 0.0684 e. The van der Waals surface area contributed by atoms with Gasteiger partial charge in [-0.3, -0.25) is 0 Å². The predicted octanol–water partition coefficient (Wildman–Crippen LogP) is 3.31. The van der Waals surface area contributed by atoms with Crippen molar-refractivity contribution in [2.75, 3.05) is 0 Å². The smallest absolute Gasteiger partial charge is 0.0684 e. The van der Waals surface area contributed by atoms with Crippen molar-refractivity contribution in [1.29, 1.82) is 0 Å². The zero-order valence-electron chi connectivity index (χ0n) is 12.7. The van der Waals surface area contributed by atoms with Gasteiger partial charge in [-0.05, 0) is 49.4 Å². The van der Waals surface area contributed by atoms with Gasteiger partial charge in [0.25, 0.3) is 0 Å². The van der Waals surface area contributed by atoms with Gasteiger partial charge in [0, 0.05) is 10.5 Å². The topological polar surface area (TPSA) is 40.5 Å². The molecule has 0 radical (unpaired) electrons. The lowest BCUT2D eigenvalue weighted by Crippen LogP contribution is -2.43. The average Bonchev–Trinajstić information content (AvgIpc) is 2.31. The summed E-state index contributed by atoms with van der Waals surface area (Å²) in [6, 6.07) is 0. The van der Waals surface area contributed by atoms with E-state index in [1.807, 2.05) is 11.8 Å². The van der Waals surface area contributed by atoms with Gasteiger partial charge in [-0.2, -0.15) is 0 Å². The molecule has 2 nitrogen and oxygen atoms in total. The first-order valence-corrected chi connectivity index (χ1v) is 8.84. The van der Waals surface area contributed by atoms with Crippen LogP contribution in [0.1, 0.15) is 53.4 Å². The molecule has 2 fully saturated rings. The predicted molar refractivity (Wildman–Crippen MR) is 82.3 cm³/mol. The maximum absolute atomic E-state index is 10.4. The van der Waals surface area contributed by atoms with E-state index in [9.17, 15) is 10.2 Å². The highest BCUT2D eigenvalue weighted by Gasteiger charge is 2.39. The summed E-state index contributed by atoms with van der Waals surface area (Å²) in [7, 11) is 0. The van der Waals surface area contributed by atoms with Crippen LogP contribution in [-0.4, -0.2) is 32.9 Å². The van der Waals surface area contributed by atoms with E-state index >= 15 is 0 Å². The summed E-state index contributed by atoms with van der Waals surface area (Å²) < 4.78 is 0. The van der Waals surface area contributed by atoms with Gasteiger partial charge in [0.05, 0.1) is 12.2 Å². The standard InChI is InChI=1S/C16H30O2S/c1-9-5-11(3)15(17)13(7-9)19-14-8-10(2)6-12(4)16(14)18/h9-18H,5-8H2,1-4H3. The molecule has 0 saturated heterocycles. The molecule has 112 valence electrons. The first-order valence-electron chi connectivity index (χ1n) is 7.90. The van der Waals surface area contributed by atoms with Crippen molar-refractivity contribution in [2.45, 2.75) is 76.1 Å². The van der Waals surface area contributed by atoms with Gasteiger partial charge in [-0.25, -0.2) is 0 Å². The van der Waals surface area contributed by atoms with E-state index in [1.54, 1.807) is 0 Å². The van der Waals surface area contributed by atoms with Crippen molar-refractivity contribution < 1.29 is 10.2 Å². The number of hydrogen-bond acceptors (Lipinski definition) is 3. The van der Waals surface area contributed by atoms with Crippen LogP contribution in [0.3, 0.4) is 0 Å². The second-order valence-corrected chi connectivity index (χ2v) is 8.79. The van der Waals surface area contributed by atoms with E-state index in [2.05, 4.69) is 27.7 Å². The number of rotatable bonds is 2. The van der Waals surface area contributed by atoms with Gasteiger partial charge >= 0.3 is 0 Å². The Morgan fingerprint density at radius 3 is 1.42 bits per heavy atom. The monoisotopic (exact) mass is 286 g/mol. The number of aliphatic hydroxyl groups is 2. The normalized spacial score (nSPS) is 52.1. The van der Waals surface area contributed by atoms with Crippen molar-refractivity contribution in [3.63, 3.8) is 0 Å². The lowest BCUT2D eigenvalue weighted by Gasteiger charge is -2.42. The molecule has 2 N–H and O–H groups in total. The second-order valence-electron chi connectivity index (χ2n) is 7.30. The third kappa shape index (κ3) is 3.68. The molecule has 2 aliphatic carbocycles. The summed E-state index contributed by atoms with van der Waals surface area (Å²) in [5, 5.41) is 21.4. The lowest BCUT2D eigenvalue weighted by molar-refractivity contribution is 0.0582. The summed E-state index contributed by atoms with van der Waals surface area (Å²) in [4.78, 5) is 0. The maximum atomic E-state index is 10.4. The van der Waals surface area contributed by atoms with Gasteiger partial charge in [-0.15, -0.1) is 11.8 Å². The largest absolute Gasteiger partial charge is 0.392 e. The zero-order chi connectivity index (χ0) is 14.2. The Bertz CT molecular complexity index is 268. The van der Waals surface area contributed by atoms with Gasteiger partial charge in [0.1, 0.15) is 0 Å². The van der Waals surface area contributed by atoms with Crippen molar-refractivity contribution in [3.05, 3.63) is 0 Å². The zero-order valence-corrected chi connectivity index (χ0v) is 13.6. The Hall–Kier alpha value is 0.270. The van der Waals surface area contributed by atoms with Crippen LogP contribution < -0.4 is 0 Å². The summed E-state index contributed by atoms with van der Waals surface area (Å²) >= 11 is 1.87. The lowest BCUT2D eigenvalue weighted by atomic mass is 9.80. The molecular weight excluding hydrogens is 256 g/mol. The molecule has 8 atom stereocenters. The fourth-order valence-electron chi connectivity index (χ4n) is 4.04. The van der Waals surface area contributed by atoms with E-state index in [0.29, 0.717) is 34.2 Å². The average molecular weight is 286 g/mol. The minimum atomic E-state index is -0.194. The van der Waals surface area contributed by atoms with E-state index in [-0.39, 0.29) is 12.2 Å². The molecule has 0 aliphatic heterocycles. The van der Waals surface area contributed by atoms with Crippen LogP contribution in [0, 0.1) is 23.7 Å². The quantitative estimate of drug-likeness (QED) is 0.818. The fourth-order valence-corrected chi connectivity index (χ4v) is 6.23. The number of thioether (sulfide) groups is 1. The summed E-state index contributed by atoms with van der Waals surface area (Å²) in [5.41, 5.74) is 0. The number of aliphatic hydroxyl groups excluding tert-OH is 2. The molecule has 2 aliphatic rings. The first-order chi connectivity index (χ1) is 8.88. The Kier molecular flexibility index (Phi) is 5.24. The second kappa shape index (κ2) is 6.36. The Balaban J connectivity index is 1.98. The van der Waals surface area contributed by atoms with Crippen LogP contribution in [0.15, 0.2) is 0 Å². The van der Waals surface area contributed by atoms with Gasteiger partial charge in [-0.1, -0.05) is 27.7 Å². The molecule has 0 aromatic rings. The molecule has 0 heterocycles. The van der Waals surface area contributed by atoms with Crippen molar-refractivity contribution >= 4 is 11.8 Å². The Labute approximate surface area is 122 Å². The molecule has 2 rings (SSSR count). The summed E-state index contributed by atoms with van der Waals surface area (Å²) in [6.45, 7) is 8.91. The van der Waals surface area contributed by atoms with E-state index in [4.69, 9.17) is 0 Å². The van der Waals surface area contributed by atoms with E-state index < -0.39 is 0 Å². The SMILES string of the molecule is CC1CC(C)C(O)C(SC2CC(C)CC(C)C2O)C1. The van der Waals surface area contributed by atoms with Gasteiger partial charge in [0.2, 0.25) is 0 Å². The molecule has 3 heteroatoms. The third-order valence-electron chi connectivity index (χ3n) is 5.10. The number of hydrogen-bond donors (Lipinski definition) is 2. The van der Waals surface area contributed by atoms with Crippen LogP contribution >= 0.6 is 11.8 Å². The van der Waals surface area contributed by atoms with Crippen LogP contribution in [0.2, 0.25) is 0 Å². The van der Waals surface area contributed by atoms with Crippen molar-refractivity contribution in [3.8, 4) is 0 Å². The van der Waals surface area contributed by atoms with Crippen molar-refractivity contribution in [2.24, 2.45) is 23.7 Å². The Morgan fingerprint density at radius 1 is 0.684 bits per heavy atom. The highest BCUT2D eigenvalue weighted by atomic mass is 32.2. The molecule has 0 aromatic carbocycles. The van der Waals surface area contributed by atoms with Gasteiger partial charge in [0.15, 0.2) is 0 Å². The molecule has 19 heavy (non-hydrogen) atoms. The summed E-state index contributed by atoms with van der Waals surface area (Å²) in [5.74, 6) is 2.20. The van der Waals surface area contributed by atoms with Crippen LogP contribution in [0.5, 0.6) is 0 Å². The van der Waals surface area contributed by atoms with Crippen LogP contribution in [0.25, 0.3) is 0 Å².